The molecule has 1 aromatic carbocycles. The average molecular weight is 223 g/mol. The van der Waals surface area contributed by atoms with E-state index in [0.717, 1.165) is 12.1 Å². The van der Waals surface area contributed by atoms with E-state index in [9.17, 15) is 9.50 Å². The van der Waals surface area contributed by atoms with Crippen LogP contribution < -0.4 is 5.32 Å². The molecule has 0 saturated heterocycles. The van der Waals surface area contributed by atoms with Crippen molar-refractivity contribution in [1.29, 1.82) is 0 Å². The number of hydrogen-bond donors (Lipinski definition) is 2. The maximum atomic E-state index is 12.7. The Morgan fingerprint density at radius 1 is 1.38 bits per heavy atom. The smallest absolute Gasteiger partial charge is 0.123 e. The fourth-order valence-corrected chi connectivity index (χ4v) is 1.70. The number of hydrogen-bond acceptors (Lipinski definition) is 2. The van der Waals surface area contributed by atoms with Crippen molar-refractivity contribution in [2.75, 3.05) is 13.1 Å². The summed E-state index contributed by atoms with van der Waals surface area (Å²) >= 11 is 0. The summed E-state index contributed by atoms with van der Waals surface area (Å²) in [6.07, 6.45) is 1.99. The summed E-state index contributed by atoms with van der Waals surface area (Å²) in [4.78, 5) is 0. The highest BCUT2D eigenvalue weighted by Gasteiger charge is 2.36. The lowest BCUT2D eigenvalue weighted by Crippen LogP contribution is -2.27. The van der Waals surface area contributed by atoms with Crippen molar-refractivity contribution in [3.05, 3.63) is 35.6 Å². The Hall–Kier alpha value is -0.930. The molecular formula is C13H18FNO. The van der Waals surface area contributed by atoms with Crippen molar-refractivity contribution in [2.24, 2.45) is 5.41 Å². The van der Waals surface area contributed by atoms with Gasteiger partial charge < -0.3 is 10.4 Å². The van der Waals surface area contributed by atoms with Gasteiger partial charge in [0.1, 0.15) is 5.82 Å². The first-order valence-electron chi connectivity index (χ1n) is 5.73. The van der Waals surface area contributed by atoms with Gasteiger partial charge in [0, 0.05) is 13.1 Å². The van der Waals surface area contributed by atoms with Gasteiger partial charge in [0.2, 0.25) is 0 Å². The molecule has 1 atom stereocenters. The van der Waals surface area contributed by atoms with E-state index in [-0.39, 0.29) is 5.82 Å². The summed E-state index contributed by atoms with van der Waals surface area (Å²) in [6.45, 7) is 3.72. The lowest BCUT2D eigenvalue weighted by molar-refractivity contribution is 0.172. The maximum Gasteiger partial charge on any atom is 0.123 e. The van der Waals surface area contributed by atoms with Gasteiger partial charge >= 0.3 is 0 Å². The fraction of sp³-hybridized carbons (Fsp3) is 0.538. The Morgan fingerprint density at radius 3 is 2.56 bits per heavy atom. The van der Waals surface area contributed by atoms with Gasteiger partial charge in [-0.15, -0.1) is 0 Å². The molecule has 1 fully saturated rings. The standard InChI is InChI=1S/C13H18FNO/c1-13(6-7-13)9-15-8-12(16)10-2-4-11(14)5-3-10/h2-5,12,15-16H,6-9H2,1H3. The molecule has 0 aromatic heterocycles. The third-order valence-corrected chi connectivity index (χ3v) is 3.25. The number of aliphatic hydroxyl groups is 1. The summed E-state index contributed by atoms with van der Waals surface area (Å²) in [5.41, 5.74) is 1.21. The molecule has 0 aliphatic heterocycles. The first-order chi connectivity index (χ1) is 7.59. The first kappa shape index (κ1) is 11.6. The Labute approximate surface area is 95.5 Å². The van der Waals surface area contributed by atoms with E-state index in [0.29, 0.717) is 12.0 Å². The van der Waals surface area contributed by atoms with Crippen molar-refractivity contribution in [1.82, 2.24) is 5.32 Å². The highest BCUT2D eigenvalue weighted by Crippen LogP contribution is 2.44. The number of nitrogens with one attached hydrogen (secondary N) is 1. The van der Waals surface area contributed by atoms with Gasteiger partial charge in [-0.25, -0.2) is 4.39 Å². The number of aliphatic hydroxyl groups excluding tert-OH is 1. The molecule has 2 N–H and O–H groups in total. The van der Waals surface area contributed by atoms with Gasteiger partial charge in [0.15, 0.2) is 0 Å². The summed E-state index contributed by atoms with van der Waals surface area (Å²) in [6, 6.07) is 6.00. The molecule has 0 heterocycles. The molecule has 16 heavy (non-hydrogen) atoms. The minimum absolute atomic E-state index is 0.269. The second-order valence-electron chi connectivity index (χ2n) is 5.01. The van der Waals surface area contributed by atoms with Crippen LogP contribution in [0, 0.1) is 11.2 Å². The van der Waals surface area contributed by atoms with Gasteiger partial charge in [-0.1, -0.05) is 19.1 Å². The van der Waals surface area contributed by atoms with Crippen molar-refractivity contribution in [3.63, 3.8) is 0 Å². The molecule has 0 amide bonds. The normalized spacial score (nSPS) is 19.4. The van der Waals surface area contributed by atoms with Crippen LogP contribution in [0.2, 0.25) is 0 Å². The van der Waals surface area contributed by atoms with E-state index >= 15 is 0 Å². The predicted octanol–water partition coefficient (Wildman–Crippen LogP) is 2.25. The minimum Gasteiger partial charge on any atom is -0.387 e. The lowest BCUT2D eigenvalue weighted by Gasteiger charge is -2.14. The van der Waals surface area contributed by atoms with E-state index < -0.39 is 6.10 Å². The monoisotopic (exact) mass is 223 g/mol. The zero-order chi connectivity index (χ0) is 11.6. The summed E-state index contributed by atoms with van der Waals surface area (Å²) in [7, 11) is 0. The van der Waals surface area contributed by atoms with Crippen LogP contribution in [0.4, 0.5) is 4.39 Å². The van der Waals surface area contributed by atoms with Gasteiger partial charge in [0.05, 0.1) is 6.10 Å². The van der Waals surface area contributed by atoms with Crippen molar-refractivity contribution >= 4 is 0 Å². The maximum absolute atomic E-state index is 12.7. The van der Waals surface area contributed by atoms with Crippen molar-refractivity contribution < 1.29 is 9.50 Å². The molecule has 1 unspecified atom stereocenters. The highest BCUT2D eigenvalue weighted by atomic mass is 19.1. The Bertz CT molecular complexity index is 345. The van der Waals surface area contributed by atoms with Crippen LogP contribution in [0.1, 0.15) is 31.4 Å². The highest BCUT2D eigenvalue weighted by molar-refractivity contribution is 5.18. The van der Waals surface area contributed by atoms with Crippen LogP contribution >= 0.6 is 0 Å². The van der Waals surface area contributed by atoms with Crippen LogP contribution in [0.25, 0.3) is 0 Å². The molecule has 1 aliphatic rings. The van der Waals surface area contributed by atoms with E-state index in [1.165, 1.54) is 25.0 Å². The fourth-order valence-electron chi connectivity index (χ4n) is 1.70. The Kier molecular flexibility index (Phi) is 3.26. The van der Waals surface area contributed by atoms with E-state index in [2.05, 4.69) is 12.2 Å². The molecule has 1 aromatic rings. The topological polar surface area (TPSA) is 32.3 Å². The Balaban J connectivity index is 1.78. The average Bonchev–Trinajstić information content (AvgIpc) is 2.97. The van der Waals surface area contributed by atoms with Gasteiger partial charge in [-0.05, 0) is 36.0 Å². The summed E-state index contributed by atoms with van der Waals surface area (Å²) < 4.78 is 12.7. The predicted molar refractivity (Wildman–Crippen MR) is 61.6 cm³/mol. The van der Waals surface area contributed by atoms with Crippen LogP contribution in [-0.4, -0.2) is 18.2 Å². The molecule has 3 heteroatoms. The van der Waals surface area contributed by atoms with Crippen LogP contribution in [0.15, 0.2) is 24.3 Å². The number of benzene rings is 1. The number of halogens is 1. The molecule has 0 spiro atoms. The van der Waals surface area contributed by atoms with Crippen molar-refractivity contribution in [2.45, 2.75) is 25.9 Å². The summed E-state index contributed by atoms with van der Waals surface area (Å²) in [5.74, 6) is -0.269. The van der Waals surface area contributed by atoms with Crippen LogP contribution in [-0.2, 0) is 0 Å². The minimum atomic E-state index is -0.553. The summed E-state index contributed by atoms with van der Waals surface area (Å²) in [5, 5.41) is 13.1. The third kappa shape index (κ3) is 3.03. The zero-order valence-corrected chi connectivity index (χ0v) is 9.54. The van der Waals surface area contributed by atoms with E-state index in [4.69, 9.17) is 0 Å². The lowest BCUT2D eigenvalue weighted by atomic mass is 10.1. The molecule has 2 rings (SSSR count). The molecule has 1 saturated carbocycles. The van der Waals surface area contributed by atoms with Gasteiger partial charge in [0.25, 0.3) is 0 Å². The van der Waals surface area contributed by atoms with E-state index in [1.54, 1.807) is 12.1 Å². The quantitative estimate of drug-likeness (QED) is 0.802. The first-order valence-corrected chi connectivity index (χ1v) is 5.73. The van der Waals surface area contributed by atoms with E-state index in [1.807, 2.05) is 0 Å². The number of rotatable bonds is 5. The van der Waals surface area contributed by atoms with Gasteiger partial charge in [-0.3, -0.25) is 0 Å². The molecule has 0 bridgehead atoms. The molecule has 1 aliphatic carbocycles. The second kappa shape index (κ2) is 4.52. The molecule has 0 radical (unpaired) electrons. The molecule has 2 nitrogen and oxygen atoms in total. The van der Waals surface area contributed by atoms with Gasteiger partial charge in [-0.2, -0.15) is 0 Å². The van der Waals surface area contributed by atoms with Crippen LogP contribution in [0.3, 0.4) is 0 Å². The molecule has 88 valence electrons. The van der Waals surface area contributed by atoms with Crippen LogP contribution in [0.5, 0.6) is 0 Å². The third-order valence-electron chi connectivity index (χ3n) is 3.25. The largest absolute Gasteiger partial charge is 0.387 e. The zero-order valence-electron chi connectivity index (χ0n) is 9.54. The Morgan fingerprint density at radius 2 is 2.00 bits per heavy atom. The SMILES string of the molecule is CC1(CNCC(O)c2ccc(F)cc2)CC1. The second-order valence-corrected chi connectivity index (χ2v) is 5.01. The van der Waals surface area contributed by atoms with Crippen molar-refractivity contribution in [3.8, 4) is 0 Å². The molecular weight excluding hydrogens is 205 g/mol.